The van der Waals surface area contributed by atoms with Gasteiger partial charge < -0.3 is 31.9 Å². The lowest BCUT2D eigenvalue weighted by atomic mass is 9.94. The number of aliphatic hydroxyl groups is 1. The van der Waals surface area contributed by atoms with Crippen molar-refractivity contribution in [2.24, 2.45) is 17.6 Å². The molecule has 10 nitrogen and oxygen atoms in total. The smallest absolute Gasteiger partial charge is 0.328 e. The molecule has 0 aliphatic carbocycles. The molecule has 0 saturated carbocycles. The summed E-state index contributed by atoms with van der Waals surface area (Å²) in [6.45, 7) is 6.40. The molecule has 29 heavy (non-hydrogen) atoms. The Morgan fingerprint density at radius 2 is 1.31 bits per heavy atom. The highest BCUT2D eigenvalue weighted by Gasteiger charge is 2.34. The average molecular weight is 435 g/mol. The van der Waals surface area contributed by atoms with Crippen molar-refractivity contribution in [1.82, 2.24) is 16.0 Å². The van der Waals surface area contributed by atoms with Crippen LogP contribution in [0.1, 0.15) is 40.5 Å². The van der Waals surface area contributed by atoms with E-state index in [1.165, 1.54) is 0 Å². The maximum atomic E-state index is 12.9. The molecule has 0 bridgehead atoms. The Kier molecular flexibility index (Phi) is 12.5. The molecule has 0 aromatic rings. The van der Waals surface area contributed by atoms with Crippen LogP contribution in [-0.2, 0) is 19.2 Å². The summed E-state index contributed by atoms with van der Waals surface area (Å²) in [7, 11) is 0. The number of carboxylic acid groups (broad SMARTS) is 1. The molecule has 0 aromatic carbocycles. The van der Waals surface area contributed by atoms with Crippen LogP contribution in [0.3, 0.4) is 0 Å². The molecular weight excluding hydrogens is 400 g/mol. The van der Waals surface area contributed by atoms with E-state index in [9.17, 15) is 19.2 Å². The Labute approximate surface area is 176 Å². The second-order valence-electron chi connectivity index (χ2n) is 7.11. The molecule has 0 saturated heterocycles. The predicted molar refractivity (Wildman–Crippen MR) is 111 cm³/mol. The lowest BCUT2D eigenvalue weighted by Crippen LogP contribution is -2.60. The highest BCUT2D eigenvalue weighted by molar-refractivity contribution is 7.80. The SMILES string of the molecule is CC[C@H](C)[C@H](NC(=O)[C@@H](NC(=O)[C@@H](N)CS)[C@@H](C)CC)C(=O)N[C@@H](CO)C(=O)O. The molecule has 0 aliphatic heterocycles. The Bertz CT molecular complexity index is 577. The van der Waals surface area contributed by atoms with Crippen LogP contribution in [0.25, 0.3) is 0 Å². The number of hydrogen-bond acceptors (Lipinski definition) is 7. The molecule has 0 rings (SSSR count). The van der Waals surface area contributed by atoms with Crippen LogP contribution >= 0.6 is 12.6 Å². The highest BCUT2D eigenvalue weighted by Crippen LogP contribution is 2.12. The maximum absolute atomic E-state index is 12.9. The molecule has 168 valence electrons. The first kappa shape index (κ1) is 27.1. The first-order valence-corrected chi connectivity index (χ1v) is 10.3. The summed E-state index contributed by atoms with van der Waals surface area (Å²) in [6, 6.07) is -4.33. The van der Waals surface area contributed by atoms with Gasteiger partial charge in [-0.1, -0.05) is 40.5 Å². The molecule has 7 N–H and O–H groups in total. The Morgan fingerprint density at radius 3 is 1.66 bits per heavy atom. The van der Waals surface area contributed by atoms with E-state index in [2.05, 4.69) is 28.6 Å². The summed E-state index contributed by atoms with van der Waals surface area (Å²) < 4.78 is 0. The lowest BCUT2D eigenvalue weighted by Gasteiger charge is -2.29. The van der Waals surface area contributed by atoms with Gasteiger partial charge in [-0.15, -0.1) is 0 Å². The lowest BCUT2D eigenvalue weighted by molar-refractivity contribution is -0.143. The normalized spacial score (nSPS) is 17.2. The fourth-order valence-corrected chi connectivity index (χ4v) is 2.60. The minimum Gasteiger partial charge on any atom is -0.480 e. The fourth-order valence-electron chi connectivity index (χ4n) is 2.44. The van der Waals surface area contributed by atoms with Gasteiger partial charge in [0.1, 0.15) is 18.1 Å². The number of carbonyl (C=O) groups is 4. The summed E-state index contributed by atoms with van der Waals surface area (Å²) in [4.78, 5) is 48.7. The standard InChI is InChI=1S/C18H34N4O6S/c1-5-9(3)13(16(25)20-12(7-23)18(27)28)22-17(26)14(10(4)6-2)21-15(24)11(19)8-29/h9-14,23,29H,5-8,19H2,1-4H3,(H,20,25)(H,21,24)(H,22,26)(H,27,28)/t9-,10-,11-,12-,13-,14-/m0/s1. The van der Waals surface area contributed by atoms with E-state index in [0.29, 0.717) is 12.8 Å². The van der Waals surface area contributed by atoms with E-state index in [1.807, 2.05) is 13.8 Å². The topological polar surface area (TPSA) is 171 Å². The molecule has 6 atom stereocenters. The first-order chi connectivity index (χ1) is 13.5. The first-order valence-electron chi connectivity index (χ1n) is 9.65. The maximum Gasteiger partial charge on any atom is 0.328 e. The van der Waals surface area contributed by atoms with E-state index in [-0.39, 0.29) is 17.6 Å². The zero-order chi connectivity index (χ0) is 22.7. The van der Waals surface area contributed by atoms with E-state index >= 15 is 0 Å². The molecule has 0 heterocycles. The monoisotopic (exact) mass is 434 g/mol. The zero-order valence-electron chi connectivity index (χ0n) is 17.3. The Hall–Kier alpha value is -1.85. The summed E-state index contributed by atoms with van der Waals surface area (Å²) in [6.07, 6.45) is 1.11. The van der Waals surface area contributed by atoms with E-state index < -0.39 is 54.5 Å². The van der Waals surface area contributed by atoms with Crippen LogP contribution in [0.4, 0.5) is 0 Å². The van der Waals surface area contributed by atoms with E-state index in [0.717, 1.165) is 0 Å². The summed E-state index contributed by atoms with van der Waals surface area (Å²) >= 11 is 3.98. The van der Waals surface area contributed by atoms with Crippen molar-refractivity contribution in [2.75, 3.05) is 12.4 Å². The molecule has 0 aliphatic rings. The number of nitrogens with one attached hydrogen (secondary N) is 3. The second-order valence-corrected chi connectivity index (χ2v) is 7.48. The minimum absolute atomic E-state index is 0.107. The third-order valence-electron chi connectivity index (χ3n) is 4.92. The predicted octanol–water partition coefficient (Wildman–Crippen LogP) is -1.13. The number of carbonyl (C=O) groups excluding carboxylic acids is 3. The van der Waals surface area contributed by atoms with Crippen LogP contribution in [0, 0.1) is 11.8 Å². The Balaban J connectivity index is 5.49. The number of aliphatic hydroxyl groups excluding tert-OH is 1. The third kappa shape index (κ3) is 8.58. The summed E-state index contributed by atoms with van der Waals surface area (Å²) in [5.74, 6) is -3.67. The Morgan fingerprint density at radius 1 is 0.897 bits per heavy atom. The van der Waals surface area contributed by atoms with E-state index in [4.69, 9.17) is 15.9 Å². The number of aliphatic carboxylic acids is 1. The zero-order valence-corrected chi connectivity index (χ0v) is 18.2. The van der Waals surface area contributed by atoms with Crippen molar-refractivity contribution in [3.05, 3.63) is 0 Å². The molecule has 0 radical (unpaired) electrons. The molecule has 0 aromatic heterocycles. The van der Waals surface area contributed by atoms with Gasteiger partial charge >= 0.3 is 5.97 Å². The quantitative estimate of drug-likeness (QED) is 0.180. The van der Waals surface area contributed by atoms with Crippen LogP contribution in [0.5, 0.6) is 0 Å². The molecule has 0 fully saturated rings. The van der Waals surface area contributed by atoms with Gasteiger partial charge in [0.25, 0.3) is 0 Å². The van der Waals surface area contributed by atoms with Gasteiger partial charge in [-0.2, -0.15) is 12.6 Å². The number of amides is 3. The van der Waals surface area contributed by atoms with Gasteiger partial charge in [0, 0.05) is 5.75 Å². The van der Waals surface area contributed by atoms with Gasteiger partial charge in [-0.25, -0.2) is 4.79 Å². The third-order valence-corrected chi connectivity index (χ3v) is 5.31. The average Bonchev–Trinajstić information content (AvgIpc) is 2.71. The van der Waals surface area contributed by atoms with Crippen molar-refractivity contribution in [3.8, 4) is 0 Å². The van der Waals surface area contributed by atoms with Gasteiger partial charge in [0.05, 0.1) is 12.6 Å². The van der Waals surface area contributed by atoms with Gasteiger partial charge in [0.2, 0.25) is 17.7 Å². The summed E-state index contributed by atoms with van der Waals surface area (Å²) in [5, 5.41) is 25.6. The van der Waals surface area contributed by atoms with Gasteiger partial charge in [0.15, 0.2) is 0 Å². The molecule has 0 spiro atoms. The van der Waals surface area contributed by atoms with Gasteiger partial charge in [-0.3, -0.25) is 14.4 Å². The van der Waals surface area contributed by atoms with Crippen molar-refractivity contribution in [1.29, 1.82) is 0 Å². The van der Waals surface area contributed by atoms with Crippen LogP contribution in [0.2, 0.25) is 0 Å². The van der Waals surface area contributed by atoms with Crippen LogP contribution in [0.15, 0.2) is 0 Å². The summed E-state index contributed by atoms with van der Waals surface area (Å²) in [5.41, 5.74) is 5.66. The second kappa shape index (κ2) is 13.4. The highest BCUT2D eigenvalue weighted by atomic mass is 32.1. The molecule has 11 heteroatoms. The number of carboxylic acids is 1. The fraction of sp³-hybridized carbons (Fsp3) is 0.778. The van der Waals surface area contributed by atoms with Crippen LogP contribution in [-0.4, -0.2) is 70.4 Å². The van der Waals surface area contributed by atoms with Crippen LogP contribution < -0.4 is 21.7 Å². The van der Waals surface area contributed by atoms with Crippen molar-refractivity contribution >= 4 is 36.3 Å². The number of nitrogens with two attached hydrogens (primary N) is 1. The van der Waals surface area contributed by atoms with Crippen molar-refractivity contribution in [2.45, 2.75) is 64.7 Å². The largest absolute Gasteiger partial charge is 0.480 e. The van der Waals surface area contributed by atoms with Crippen molar-refractivity contribution in [3.63, 3.8) is 0 Å². The van der Waals surface area contributed by atoms with Gasteiger partial charge in [-0.05, 0) is 11.8 Å². The number of thiol groups is 1. The molecule has 0 unspecified atom stereocenters. The number of rotatable bonds is 13. The molecular formula is C18H34N4O6S. The number of hydrogen-bond donors (Lipinski definition) is 7. The van der Waals surface area contributed by atoms with E-state index in [1.54, 1.807) is 13.8 Å². The molecule has 3 amide bonds. The van der Waals surface area contributed by atoms with Crippen molar-refractivity contribution < 1.29 is 29.4 Å². The minimum atomic E-state index is -1.48.